The van der Waals surface area contributed by atoms with Gasteiger partial charge in [-0.05, 0) is 17.3 Å². The summed E-state index contributed by atoms with van der Waals surface area (Å²) in [5.41, 5.74) is 0.791. The van der Waals surface area contributed by atoms with Gasteiger partial charge in [0.15, 0.2) is 5.17 Å². The number of rotatable bonds is 4. The van der Waals surface area contributed by atoms with Gasteiger partial charge in [0.25, 0.3) is 5.91 Å². The van der Waals surface area contributed by atoms with Crippen molar-refractivity contribution in [3.05, 3.63) is 46.1 Å². The maximum absolute atomic E-state index is 14.0. The molecule has 23 heavy (non-hydrogen) atoms. The molecule has 1 aliphatic rings. The van der Waals surface area contributed by atoms with Gasteiger partial charge in [0.2, 0.25) is 0 Å². The van der Waals surface area contributed by atoms with Crippen LogP contribution in [0.2, 0.25) is 0 Å². The van der Waals surface area contributed by atoms with E-state index in [2.05, 4.69) is 36.2 Å². The summed E-state index contributed by atoms with van der Waals surface area (Å²) in [5, 5.41) is 10.6. The highest BCUT2D eigenvalue weighted by molar-refractivity contribution is 9.08. The Morgan fingerprint density at radius 2 is 2.30 bits per heavy atom. The second-order valence-electron chi connectivity index (χ2n) is 4.19. The Bertz CT molecular complexity index is 734. The Morgan fingerprint density at radius 1 is 1.52 bits per heavy atom. The van der Waals surface area contributed by atoms with Gasteiger partial charge in [-0.25, -0.2) is 9.18 Å². The number of hydrogen-bond donors (Lipinski definition) is 1. The van der Waals surface area contributed by atoms with E-state index in [0.717, 1.165) is 17.8 Å². The number of carbonyl (C=O) groups excluding carboxylic acids is 2. The first-order chi connectivity index (χ1) is 11.0. The highest BCUT2D eigenvalue weighted by atomic mass is 79.9. The summed E-state index contributed by atoms with van der Waals surface area (Å²) in [4.78, 5) is 22.9. The molecular weight excluding hydrogens is 389 g/mol. The van der Waals surface area contributed by atoms with Crippen molar-refractivity contribution >= 4 is 51.0 Å². The minimum Gasteiger partial charge on any atom is -0.466 e. The van der Waals surface area contributed by atoms with Gasteiger partial charge in [-0.3, -0.25) is 10.1 Å². The second kappa shape index (κ2) is 8.02. The SMILES string of the molecule is COC(=O)/C=C1/S/C(=N\N=Cc2cccc(CBr)c2F)NC1=O. The third-order valence-electron chi connectivity index (χ3n) is 2.70. The molecule has 0 bridgehead atoms. The molecule has 0 aliphatic carbocycles. The summed E-state index contributed by atoms with van der Waals surface area (Å²) in [6.07, 6.45) is 2.31. The third-order valence-corrected chi connectivity index (χ3v) is 4.20. The van der Waals surface area contributed by atoms with E-state index < -0.39 is 11.9 Å². The Hall–Kier alpha value is -2.00. The second-order valence-corrected chi connectivity index (χ2v) is 5.78. The predicted molar refractivity (Wildman–Crippen MR) is 89.9 cm³/mol. The Morgan fingerprint density at radius 3 is 3.00 bits per heavy atom. The van der Waals surface area contributed by atoms with E-state index in [4.69, 9.17) is 0 Å². The van der Waals surface area contributed by atoms with E-state index in [9.17, 15) is 14.0 Å². The molecule has 0 atom stereocenters. The van der Waals surface area contributed by atoms with Crippen LogP contribution in [0.3, 0.4) is 0 Å². The number of amides is 1. The van der Waals surface area contributed by atoms with Gasteiger partial charge in [0.1, 0.15) is 5.82 Å². The molecule has 1 amide bonds. The lowest BCUT2D eigenvalue weighted by molar-refractivity contribution is -0.135. The minimum atomic E-state index is -0.638. The molecule has 1 aromatic carbocycles. The average molecular weight is 400 g/mol. The van der Waals surface area contributed by atoms with Crippen LogP contribution in [0.1, 0.15) is 11.1 Å². The van der Waals surface area contributed by atoms with Crippen molar-refractivity contribution in [2.45, 2.75) is 5.33 Å². The molecule has 120 valence electrons. The molecule has 0 spiro atoms. The number of benzene rings is 1. The largest absolute Gasteiger partial charge is 0.466 e. The van der Waals surface area contributed by atoms with E-state index >= 15 is 0 Å². The molecule has 0 aromatic heterocycles. The Labute approximate surface area is 144 Å². The van der Waals surface area contributed by atoms with Crippen LogP contribution >= 0.6 is 27.7 Å². The smallest absolute Gasteiger partial charge is 0.331 e. The molecule has 1 saturated heterocycles. The number of nitrogens with zero attached hydrogens (tertiary/aromatic N) is 2. The fourth-order valence-corrected chi connectivity index (χ4v) is 2.76. The molecule has 1 aromatic rings. The number of methoxy groups -OCH3 is 1. The van der Waals surface area contributed by atoms with E-state index in [0.29, 0.717) is 10.9 Å². The van der Waals surface area contributed by atoms with E-state index in [1.165, 1.54) is 13.3 Å². The summed E-state index contributed by atoms with van der Waals surface area (Å²) in [6, 6.07) is 4.93. The van der Waals surface area contributed by atoms with E-state index in [1.807, 2.05) is 0 Å². The van der Waals surface area contributed by atoms with Gasteiger partial charge < -0.3 is 4.74 Å². The number of esters is 1. The number of amidine groups is 1. The van der Waals surface area contributed by atoms with Crippen molar-refractivity contribution in [1.82, 2.24) is 5.32 Å². The van der Waals surface area contributed by atoms with Crippen LogP contribution in [-0.4, -0.2) is 30.4 Å². The van der Waals surface area contributed by atoms with Crippen molar-refractivity contribution in [3.63, 3.8) is 0 Å². The molecule has 0 saturated carbocycles. The van der Waals surface area contributed by atoms with Crippen molar-refractivity contribution < 1.29 is 18.7 Å². The minimum absolute atomic E-state index is 0.151. The number of hydrogen-bond acceptors (Lipinski definition) is 6. The third kappa shape index (κ3) is 4.49. The Balaban J connectivity index is 2.11. The first-order valence-electron chi connectivity index (χ1n) is 6.28. The van der Waals surface area contributed by atoms with Crippen LogP contribution in [0, 0.1) is 5.82 Å². The van der Waals surface area contributed by atoms with Crippen molar-refractivity contribution in [2.24, 2.45) is 10.2 Å². The van der Waals surface area contributed by atoms with Crippen molar-refractivity contribution in [2.75, 3.05) is 7.11 Å². The molecule has 9 heteroatoms. The zero-order valence-electron chi connectivity index (χ0n) is 11.9. The zero-order valence-corrected chi connectivity index (χ0v) is 14.3. The zero-order chi connectivity index (χ0) is 16.8. The lowest BCUT2D eigenvalue weighted by Crippen LogP contribution is -2.19. The van der Waals surface area contributed by atoms with Gasteiger partial charge in [0, 0.05) is 17.0 Å². The molecule has 1 N–H and O–H groups in total. The Kier molecular flexibility index (Phi) is 6.05. The van der Waals surface area contributed by atoms with Gasteiger partial charge in [-0.1, -0.05) is 34.1 Å². The number of ether oxygens (including phenoxy) is 1. The topological polar surface area (TPSA) is 80.1 Å². The van der Waals surface area contributed by atoms with Crippen LogP contribution in [0.5, 0.6) is 0 Å². The van der Waals surface area contributed by atoms with Crippen LogP contribution in [-0.2, 0) is 19.7 Å². The maximum atomic E-state index is 14.0. The average Bonchev–Trinajstić information content (AvgIpc) is 2.88. The summed E-state index contributed by atoms with van der Waals surface area (Å²) in [7, 11) is 1.21. The lowest BCUT2D eigenvalue weighted by Gasteiger charge is -2.00. The monoisotopic (exact) mass is 399 g/mol. The van der Waals surface area contributed by atoms with E-state index in [1.54, 1.807) is 18.2 Å². The molecular formula is C14H11BrFN3O3S. The summed E-state index contributed by atoms with van der Waals surface area (Å²) in [5.74, 6) is -1.49. The van der Waals surface area contributed by atoms with Gasteiger partial charge in [0.05, 0.1) is 18.2 Å². The quantitative estimate of drug-likeness (QED) is 0.277. The molecule has 1 aliphatic heterocycles. The number of halogens is 2. The van der Waals surface area contributed by atoms with Gasteiger partial charge in [-0.15, -0.1) is 5.10 Å². The fourth-order valence-electron chi connectivity index (χ4n) is 1.59. The fraction of sp³-hybridized carbons (Fsp3) is 0.143. The van der Waals surface area contributed by atoms with Crippen LogP contribution in [0.4, 0.5) is 4.39 Å². The van der Waals surface area contributed by atoms with Gasteiger partial charge in [-0.2, -0.15) is 5.10 Å². The highest BCUT2D eigenvalue weighted by Crippen LogP contribution is 2.23. The van der Waals surface area contributed by atoms with Gasteiger partial charge >= 0.3 is 5.97 Å². The standard InChI is InChI=1S/C14H11BrFN3O3S/c1-22-11(20)5-10-13(21)18-14(23-10)19-17-7-9-4-2-3-8(6-15)12(9)16/h2-5,7H,6H2,1H3,(H,18,19,21)/b10-5+,17-7?. The number of alkyl halides is 1. The number of thioether (sulfide) groups is 1. The first-order valence-corrected chi connectivity index (χ1v) is 8.22. The molecule has 1 heterocycles. The van der Waals surface area contributed by atoms with Crippen molar-refractivity contribution in [3.8, 4) is 0 Å². The number of nitrogens with one attached hydrogen (secondary N) is 1. The molecule has 1 fully saturated rings. The maximum Gasteiger partial charge on any atom is 0.331 e. The summed E-state index contributed by atoms with van der Waals surface area (Å²) < 4.78 is 18.4. The van der Waals surface area contributed by atoms with Crippen molar-refractivity contribution in [1.29, 1.82) is 0 Å². The van der Waals surface area contributed by atoms with E-state index in [-0.39, 0.29) is 21.5 Å². The summed E-state index contributed by atoms with van der Waals surface area (Å²) >= 11 is 4.14. The van der Waals surface area contributed by atoms with Crippen LogP contribution < -0.4 is 5.32 Å². The normalized spacial score (nSPS) is 18.0. The summed E-state index contributed by atoms with van der Waals surface area (Å²) in [6.45, 7) is 0. The molecule has 2 rings (SSSR count). The van der Waals surface area contributed by atoms with Crippen LogP contribution in [0.25, 0.3) is 0 Å². The number of carbonyl (C=O) groups is 2. The first kappa shape index (κ1) is 17.4. The molecule has 0 unspecified atom stereocenters. The highest BCUT2D eigenvalue weighted by Gasteiger charge is 2.24. The predicted octanol–water partition coefficient (Wildman–Crippen LogP) is 2.33. The van der Waals surface area contributed by atoms with Crippen LogP contribution in [0.15, 0.2) is 39.4 Å². The lowest BCUT2D eigenvalue weighted by atomic mass is 10.1. The molecule has 0 radical (unpaired) electrons. The molecule has 6 nitrogen and oxygen atoms in total.